The minimum Gasteiger partial charge on any atom is -0.396 e. The van der Waals surface area contributed by atoms with Crippen molar-refractivity contribution in [2.45, 2.75) is 18.6 Å². The molecule has 0 aliphatic heterocycles. The average Bonchev–Trinajstić information content (AvgIpc) is 2.31. The van der Waals surface area contributed by atoms with Gasteiger partial charge < -0.3 is 15.3 Å². The molecule has 0 amide bonds. The van der Waals surface area contributed by atoms with Crippen LogP contribution in [0.4, 0.5) is 5.69 Å². The molecule has 0 aliphatic carbocycles. The van der Waals surface area contributed by atoms with Gasteiger partial charge in [0.2, 0.25) is 0 Å². The van der Waals surface area contributed by atoms with Crippen LogP contribution in [-0.2, 0) is 0 Å². The lowest BCUT2D eigenvalue weighted by atomic mass is 10.0. The van der Waals surface area contributed by atoms with Crippen LogP contribution in [0.2, 0.25) is 10.0 Å². The first kappa shape index (κ1) is 15.1. The van der Waals surface area contributed by atoms with E-state index in [0.29, 0.717) is 0 Å². The summed E-state index contributed by atoms with van der Waals surface area (Å²) < 4.78 is 0. The summed E-state index contributed by atoms with van der Waals surface area (Å²) in [5.74, 6) is 0. The van der Waals surface area contributed by atoms with Crippen LogP contribution in [0, 0.1) is 10.1 Å². The van der Waals surface area contributed by atoms with Gasteiger partial charge in [0.05, 0.1) is 26.6 Å². The van der Waals surface area contributed by atoms with Crippen LogP contribution in [0.3, 0.4) is 0 Å². The zero-order chi connectivity index (χ0) is 13.9. The number of hydrogen-bond acceptors (Lipinski definition) is 5. The summed E-state index contributed by atoms with van der Waals surface area (Å²) in [5, 5.41) is 38.8. The van der Waals surface area contributed by atoms with Crippen LogP contribution < -0.4 is 0 Å². The van der Waals surface area contributed by atoms with E-state index in [0.717, 1.165) is 12.1 Å². The van der Waals surface area contributed by atoms with Gasteiger partial charge in [-0.25, -0.2) is 0 Å². The van der Waals surface area contributed by atoms with Crippen LogP contribution >= 0.6 is 23.2 Å². The van der Waals surface area contributed by atoms with Crippen molar-refractivity contribution in [1.82, 2.24) is 0 Å². The van der Waals surface area contributed by atoms with Gasteiger partial charge in [0.1, 0.15) is 6.10 Å². The lowest BCUT2D eigenvalue weighted by Gasteiger charge is -2.17. The topological polar surface area (TPSA) is 104 Å². The Morgan fingerprint density at radius 3 is 2.33 bits per heavy atom. The minimum atomic E-state index is -1.52. The molecule has 0 bridgehead atoms. The number of aliphatic hydroxyl groups excluding tert-OH is 3. The predicted molar refractivity (Wildman–Crippen MR) is 65.8 cm³/mol. The molecule has 2 atom stereocenters. The minimum absolute atomic E-state index is 0.0176. The summed E-state index contributed by atoms with van der Waals surface area (Å²) in [6, 6.07) is 2.14. The Hall–Kier alpha value is -0.920. The fourth-order valence-corrected chi connectivity index (χ4v) is 1.77. The van der Waals surface area contributed by atoms with Crippen molar-refractivity contribution in [1.29, 1.82) is 0 Å². The number of nitro groups is 1. The second-order valence-electron chi connectivity index (χ2n) is 3.61. The first-order valence-corrected chi connectivity index (χ1v) is 5.74. The number of rotatable bonds is 5. The maximum Gasteiger partial charge on any atom is 0.276 e. The zero-order valence-corrected chi connectivity index (χ0v) is 10.6. The molecule has 1 aromatic rings. The molecular formula is C10H11Cl2NO5. The van der Waals surface area contributed by atoms with E-state index in [1.165, 1.54) is 0 Å². The van der Waals surface area contributed by atoms with Crippen LogP contribution in [-0.4, -0.2) is 33.0 Å². The first-order valence-electron chi connectivity index (χ1n) is 4.98. The van der Waals surface area contributed by atoms with Crippen molar-refractivity contribution in [3.05, 3.63) is 37.9 Å². The van der Waals surface area contributed by atoms with E-state index in [4.69, 9.17) is 28.3 Å². The highest BCUT2D eigenvalue weighted by Gasteiger charge is 2.27. The molecule has 0 aliphatic rings. The maximum atomic E-state index is 10.8. The normalized spacial score (nSPS) is 14.3. The van der Waals surface area contributed by atoms with Crippen LogP contribution in [0.1, 0.15) is 18.1 Å². The molecule has 0 heterocycles. The van der Waals surface area contributed by atoms with E-state index in [9.17, 15) is 20.3 Å². The zero-order valence-electron chi connectivity index (χ0n) is 9.08. The Kier molecular flexibility index (Phi) is 5.30. The monoisotopic (exact) mass is 295 g/mol. The van der Waals surface area contributed by atoms with Gasteiger partial charge in [-0.2, -0.15) is 0 Å². The number of nitro benzene ring substituents is 1. The lowest BCUT2D eigenvalue weighted by Crippen LogP contribution is -2.20. The second kappa shape index (κ2) is 6.31. The highest BCUT2D eigenvalue weighted by molar-refractivity contribution is 6.42. The molecule has 0 radical (unpaired) electrons. The largest absolute Gasteiger partial charge is 0.396 e. The third kappa shape index (κ3) is 3.30. The summed E-state index contributed by atoms with van der Waals surface area (Å²) in [7, 11) is 0. The van der Waals surface area contributed by atoms with Gasteiger partial charge in [0, 0.05) is 12.7 Å². The van der Waals surface area contributed by atoms with Crippen LogP contribution in [0.25, 0.3) is 0 Å². The van der Waals surface area contributed by atoms with Crippen molar-refractivity contribution in [2.75, 3.05) is 6.61 Å². The Labute approximate surface area is 113 Å². The maximum absolute atomic E-state index is 10.8. The van der Waals surface area contributed by atoms with Gasteiger partial charge in [-0.15, -0.1) is 0 Å². The molecule has 18 heavy (non-hydrogen) atoms. The number of aliphatic hydroxyl groups is 3. The predicted octanol–water partition coefficient (Wildman–Crippen LogP) is 1.68. The molecule has 0 spiro atoms. The van der Waals surface area contributed by atoms with E-state index in [2.05, 4.69) is 0 Å². The smallest absolute Gasteiger partial charge is 0.276 e. The van der Waals surface area contributed by atoms with Gasteiger partial charge in [-0.3, -0.25) is 10.1 Å². The summed E-state index contributed by atoms with van der Waals surface area (Å²) in [4.78, 5) is 10.1. The van der Waals surface area contributed by atoms with Crippen molar-refractivity contribution >= 4 is 28.9 Å². The highest BCUT2D eigenvalue weighted by Crippen LogP contribution is 2.35. The summed E-state index contributed by atoms with van der Waals surface area (Å²) in [5.41, 5.74) is -0.579. The Bertz CT molecular complexity index is 454. The average molecular weight is 296 g/mol. The SMILES string of the molecule is O=[N+]([O-])c1cc(Cl)c(Cl)cc1C(O)C(O)CCO. The molecule has 100 valence electrons. The van der Waals surface area contributed by atoms with Gasteiger partial charge in [-0.1, -0.05) is 23.2 Å². The molecule has 2 unspecified atom stereocenters. The van der Waals surface area contributed by atoms with Crippen molar-refractivity contribution < 1.29 is 20.2 Å². The molecule has 0 saturated heterocycles. The molecule has 1 aromatic carbocycles. The third-order valence-corrected chi connectivity index (χ3v) is 3.10. The van der Waals surface area contributed by atoms with Crippen molar-refractivity contribution in [2.24, 2.45) is 0 Å². The quantitative estimate of drug-likeness (QED) is 0.566. The molecular weight excluding hydrogens is 285 g/mol. The number of hydrogen-bond donors (Lipinski definition) is 3. The Morgan fingerprint density at radius 2 is 1.83 bits per heavy atom. The highest BCUT2D eigenvalue weighted by atomic mass is 35.5. The Balaban J connectivity index is 3.21. The van der Waals surface area contributed by atoms with Crippen molar-refractivity contribution in [3.8, 4) is 0 Å². The first-order chi connectivity index (χ1) is 8.38. The molecule has 0 saturated carbocycles. The third-order valence-electron chi connectivity index (χ3n) is 2.37. The van der Waals surface area contributed by atoms with Crippen molar-refractivity contribution in [3.63, 3.8) is 0 Å². The second-order valence-corrected chi connectivity index (χ2v) is 4.42. The van der Waals surface area contributed by atoms with Crippen LogP contribution in [0.5, 0.6) is 0 Å². The van der Waals surface area contributed by atoms with E-state index in [1.807, 2.05) is 0 Å². The molecule has 0 fully saturated rings. The summed E-state index contributed by atoms with van der Waals surface area (Å²) in [6.07, 6.45) is -2.96. The molecule has 6 nitrogen and oxygen atoms in total. The molecule has 0 aromatic heterocycles. The van der Waals surface area contributed by atoms with Gasteiger partial charge >= 0.3 is 0 Å². The van der Waals surface area contributed by atoms with E-state index in [-0.39, 0.29) is 28.6 Å². The fourth-order valence-electron chi connectivity index (χ4n) is 1.44. The van der Waals surface area contributed by atoms with Crippen LogP contribution in [0.15, 0.2) is 12.1 Å². The lowest BCUT2D eigenvalue weighted by molar-refractivity contribution is -0.386. The Morgan fingerprint density at radius 1 is 1.28 bits per heavy atom. The fraction of sp³-hybridized carbons (Fsp3) is 0.400. The van der Waals surface area contributed by atoms with Gasteiger partial charge in [0.15, 0.2) is 0 Å². The van der Waals surface area contributed by atoms with E-state index < -0.39 is 22.8 Å². The number of benzene rings is 1. The summed E-state index contributed by atoms with van der Waals surface area (Å²) >= 11 is 11.4. The molecule has 3 N–H and O–H groups in total. The molecule has 8 heteroatoms. The van der Waals surface area contributed by atoms with Gasteiger partial charge in [0.25, 0.3) is 5.69 Å². The number of halogens is 2. The summed E-state index contributed by atoms with van der Waals surface area (Å²) in [6.45, 7) is -0.354. The van der Waals surface area contributed by atoms with E-state index in [1.54, 1.807) is 0 Å². The van der Waals surface area contributed by atoms with E-state index >= 15 is 0 Å². The van der Waals surface area contributed by atoms with Gasteiger partial charge in [-0.05, 0) is 12.5 Å². The molecule has 1 rings (SSSR count). The standard InChI is InChI=1S/C10H11Cl2NO5/c11-6-3-5(10(16)9(15)1-2-14)8(13(17)18)4-7(6)12/h3-4,9-10,14-16H,1-2H2. The number of nitrogens with zero attached hydrogens (tertiary/aromatic N) is 1.